The van der Waals surface area contributed by atoms with E-state index in [2.05, 4.69) is 17.2 Å². The van der Waals surface area contributed by atoms with Crippen LogP contribution in [0.25, 0.3) is 0 Å². The maximum absolute atomic E-state index is 12.4. The van der Waals surface area contributed by atoms with Gasteiger partial charge in [-0.2, -0.15) is 13.2 Å². The highest BCUT2D eigenvalue weighted by atomic mass is 19.4. The summed E-state index contributed by atoms with van der Waals surface area (Å²) in [4.78, 5) is 21.3. The zero-order valence-electron chi connectivity index (χ0n) is 9.97. The number of rotatable bonds is 2. The summed E-state index contributed by atoms with van der Waals surface area (Å²) >= 11 is 0. The molecule has 1 aromatic rings. The predicted molar refractivity (Wildman–Crippen MR) is 62.4 cm³/mol. The highest BCUT2D eigenvalue weighted by Gasteiger charge is 2.30. The van der Waals surface area contributed by atoms with E-state index in [0.717, 1.165) is 18.2 Å². The Balaban J connectivity index is 2.97. The molecule has 0 aliphatic heterocycles. The lowest BCUT2D eigenvalue weighted by Crippen LogP contribution is -2.19. The van der Waals surface area contributed by atoms with Gasteiger partial charge >= 0.3 is 6.18 Å². The molecule has 3 nitrogen and oxygen atoms in total. The van der Waals surface area contributed by atoms with Crippen LogP contribution >= 0.6 is 0 Å². The van der Waals surface area contributed by atoms with Crippen LogP contribution in [0.1, 0.15) is 28.4 Å². The first kappa shape index (κ1) is 14.8. The van der Waals surface area contributed by atoms with Gasteiger partial charge in [0, 0.05) is 18.1 Å². The third kappa shape index (κ3) is 4.47. The Morgan fingerprint density at radius 3 is 2.63 bits per heavy atom. The summed E-state index contributed by atoms with van der Waals surface area (Å²) in [5.74, 6) is 4.81. The molecule has 0 aliphatic carbocycles. The standard InChI is InChI=1S/C13H10F3NO2/c1-9(19)17-6-2-3-10-4-5-12(13(14,15)16)7-11(10)8-18/h4-5,7-8H,6H2,1H3,(H,17,19). The summed E-state index contributed by atoms with van der Waals surface area (Å²) in [6, 6.07) is 2.73. The van der Waals surface area contributed by atoms with Crippen molar-refractivity contribution in [2.75, 3.05) is 6.54 Å². The van der Waals surface area contributed by atoms with E-state index in [1.807, 2.05) is 0 Å². The molecule has 6 heteroatoms. The lowest BCUT2D eigenvalue weighted by atomic mass is 10.0. The monoisotopic (exact) mass is 269 g/mol. The van der Waals surface area contributed by atoms with Crippen molar-refractivity contribution in [3.63, 3.8) is 0 Å². The quantitative estimate of drug-likeness (QED) is 0.659. The average Bonchev–Trinajstić information content (AvgIpc) is 2.33. The molecule has 0 heterocycles. The van der Waals surface area contributed by atoms with Gasteiger partial charge in [-0.25, -0.2) is 0 Å². The molecular formula is C13H10F3NO2. The van der Waals surface area contributed by atoms with Gasteiger partial charge in [-0.1, -0.05) is 11.8 Å². The molecule has 0 unspecified atom stereocenters. The van der Waals surface area contributed by atoms with Crippen LogP contribution in [0.3, 0.4) is 0 Å². The van der Waals surface area contributed by atoms with Crippen molar-refractivity contribution in [3.8, 4) is 11.8 Å². The molecule has 0 bridgehead atoms. The van der Waals surface area contributed by atoms with Crippen LogP contribution in [0.2, 0.25) is 0 Å². The predicted octanol–water partition coefficient (Wildman–Crippen LogP) is 2.01. The molecule has 19 heavy (non-hydrogen) atoms. The van der Waals surface area contributed by atoms with E-state index < -0.39 is 11.7 Å². The lowest BCUT2D eigenvalue weighted by molar-refractivity contribution is -0.137. The topological polar surface area (TPSA) is 46.2 Å². The number of benzene rings is 1. The molecular weight excluding hydrogens is 259 g/mol. The van der Waals surface area contributed by atoms with Gasteiger partial charge in [0.05, 0.1) is 12.1 Å². The molecule has 0 spiro atoms. The van der Waals surface area contributed by atoms with Crippen LogP contribution < -0.4 is 5.32 Å². The van der Waals surface area contributed by atoms with Crippen molar-refractivity contribution in [1.29, 1.82) is 0 Å². The average molecular weight is 269 g/mol. The van der Waals surface area contributed by atoms with Gasteiger partial charge in [-0.15, -0.1) is 0 Å². The number of alkyl halides is 3. The van der Waals surface area contributed by atoms with E-state index in [9.17, 15) is 22.8 Å². The molecule has 1 rings (SSSR count). The zero-order chi connectivity index (χ0) is 14.5. The number of carbonyl (C=O) groups excluding carboxylic acids is 2. The molecule has 0 fully saturated rings. The van der Waals surface area contributed by atoms with Crippen LogP contribution in [0, 0.1) is 11.8 Å². The fraction of sp³-hybridized carbons (Fsp3) is 0.231. The molecule has 0 aliphatic rings. The number of hydrogen-bond acceptors (Lipinski definition) is 2. The third-order valence-corrected chi connectivity index (χ3v) is 2.15. The first-order valence-electron chi connectivity index (χ1n) is 5.24. The zero-order valence-corrected chi connectivity index (χ0v) is 9.97. The summed E-state index contributed by atoms with van der Waals surface area (Å²) in [5, 5.41) is 2.41. The second kappa shape index (κ2) is 6.05. The van der Waals surface area contributed by atoms with Crippen LogP contribution in [-0.2, 0) is 11.0 Å². The van der Waals surface area contributed by atoms with Gasteiger partial charge in [-0.05, 0) is 18.2 Å². The number of aldehydes is 1. The van der Waals surface area contributed by atoms with Gasteiger partial charge in [0.1, 0.15) is 0 Å². The Morgan fingerprint density at radius 1 is 1.42 bits per heavy atom. The Morgan fingerprint density at radius 2 is 2.11 bits per heavy atom. The summed E-state index contributed by atoms with van der Waals surface area (Å²) in [7, 11) is 0. The Bertz CT molecular complexity index is 553. The lowest BCUT2D eigenvalue weighted by Gasteiger charge is -2.07. The van der Waals surface area contributed by atoms with Crippen molar-refractivity contribution in [3.05, 3.63) is 34.9 Å². The minimum absolute atomic E-state index is 0.0641. The SMILES string of the molecule is CC(=O)NCC#Cc1ccc(C(F)(F)F)cc1C=O. The normalized spacial score (nSPS) is 10.3. The summed E-state index contributed by atoms with van der Waals surface area (Å²) in [6.45, 7) is 1.38. The molecule has 0 radical (unpaired) electrons. The van der Waals surface area contributed by atoms with Gasteiger partial charge < -0.3 is 5.32 Å². The molecule has 1 N–H and O–H groups in total. The maximum atomic E-state index is 12.4. The second-order valence-electron chi connectivity index (χ2n) is 3.63. The highest BCUT2D eigenvalue weighted by Crippen LogP contribution is 2.30. The second-order valence-corrected chi connectivity index (χ2v) is 3.63. The third-order valence-electron chi connectivity index (χ3n) is 2.15. The molecule has 0 saturated carbocycles. The Kier molecular flexibility index (Phi) is 4.70. The van der Waals surface area contributed by atoms with Crippen molar-refractivity contribution in [2.24, 2.45) is 0 Å². The van der Waals surface area contributed by atoms with Gasteiger partial charge in [-0.3, -0.25) is 9.59 Å². The number of carbonyl (C=O) groups is 2. The Labute approximate surface area is 107 Å². The van der Waals surface area contributed by atoms with Crippen LogP contribution in [0.5, 0.6) is 0 Å². The highest BCUT2D eigenvalue weighted by molar-refractivity contribution is 5.80. The van der Waals surface area contributed by atoms with E-state index >= 15 is 0 Å². The summed E-state index contributed by atoms with van der Waals surface area (Å²) < 4.78 is 37.3. The first-order valence-corrected chi connectivity index (χ1v) is 5.24. The molecule has 0 atom stereocenters. The molecule has 1 aromatic carbocycles. The number of amides is 1. The fourth-order valence-electron chi connectivity index (χ4n) is 1.26. The van der Waals surface area contributed by atoms with Crippen LogP contribution in [0.4, 0.5) is 13.2 Å². The van der Waals surface area contributed by atoms with Crippen molar-refractivity contribution in [2.45, 2.75) is 13.1 Å². The first-order chi connectivity index (χ1) is 8.84. The molecule has 0 saturated heterocycles. The largest absolute Gasteiger partial charge is 0.416 e. The smallest absolute Gasteiger partial charge is 0.345 e. The van der Waals surface area contributed by atoms with Crippen LogP contribution in [-0.4, -0.2) is 18.7 Å². The minimum Gasteiger partial charge on any atom is -0.345 e. The van der Waals surface area contributed by atoms with Crippen LogP contribution in [0.15, 0.2) is 18.2 Å². The van der Waals surface area contributed by atoms with E-state index in [-0.39, 0.29) is 23.6 Å². The number of hydrogen-bond donors (Lipinski definition) is 1. The number of nitrogens with one attached hydrogen (secondary N) is 1. The van der Waals surface area contributed by atoms with Gasteiger partial charge in [0.15, 0.2) is 6.29 Å². The minimum atomic E-state index is -4.50. The van der Waals surface area contributed by atoms with Crippen molar-refractivity contribution >= 4 is 12.2 Å². The number of halogens is 3. The van der Waals surface area contributed by atoms with E-state index in [0.29, 0.717) is 6.29 Å². The summed E-state index contributed by atoms with van der Waals surface area (Å²) in [5.41, 5.74) is -0.847. The Hall–Kier alpha value is -2.29. The van der Waals surface area contributed by atoms with E-state index in [4.69, 9.17) is 0 Å². The molecule has 1 amide bonds. The fourth-order valence-corrected chi connectivity index (χ4v) is 1.26. The molecule has 0 aromatic heterocycles. The maximum Gasteiger partial charge on any atom is 0.416 e. The van der Waals surface area contributed by atoms with E-state index in [1.165, 1.54) is 6.92 Å². The van der Waals surface area contributed by atoms with E-state index in [1.54, 1.807) is 0 Å². The van der Waals surface area contributed by atoms with Gasteiger partial charge in [0.25, 0.3) is 0 Å². The van der Waals surface area contributed by atoms with Crippen molar-refractivity contribution < 1.29 is 22.8 Å². The van der Waals surface area contributed by atoms with Crippen molar-refractivity contribution in [1.82, 2.24) is 5.32 Å². The van der Waals surface area contributed by atoms with Gasteiger partial charge in [0.2, 0.25) is 5.91 Å². The molecule has 100 valence electrons. The summed E-state index contributed by atoms with van der Waals surface area (Å²) in [6.07, 6.45) is -4.18.